The predicted octanol–water partition coefficient (Wildman–Crippen LogP) is 2.79. The summed E-state index contributed by atoms with van der Waals surface area (Å²) < 4.78 is 0. The van der Waals surface area contributed by atoms with Crippen molar-refractivity contribution in [2.24, 2.45) is 0 Å². The summed E-state index contributed by atoms with van der Waals surface area (Å²) in [7, 11) is 1.91. The van der Waals surface area contributed by atoms with Gasteiger partial charge in [0.1, 0.15) is 0 Å². The Hall–Kier alpha value is -1.35. The molecule has 1 unspecified atom stereocenters. The van der Waals surface area contributed by atoms with E-state index in [-0.39, 0.29) is 11.4 Å². The molecule has 1 aromatic carbocycles. The molecule has 1 fully saturated rings. The van der Waals surface area contributed by atoms with E-state index in [4.69, 9.17) is 0 Å². The quantitative estimate of drug-likeness (QED) is 0.919. The summed E-state index contributed by atoms with van der Waals surface area (Å²) in [6.07, 6.45) is 3.24. The second-order valence-electron chi connectivity index (χ2n) is 6.31. The van der Waals surface area contributed by atoms with Crippen LogP contribution in [0.5, 0.6) is 0 Å². The van der Waals surface area contributed by atoms with Gasteiger partial charge in [-0.2, -0.15) is 0 Å². The number of piperidine rings is 1. The van der Waals surface area contributed by atoms with E-state index in [0.717, 1.165) is 19.4 Å². The van der Waals surface area contributed by atoms with Gasteiger partial charge >= 0.3 is 0 Å². The van der Waals surface area contributed by atoms with Crippen molar-refractivity contribution in [3.05, 3.63) is 34.9 Å². The van der Waals surface area contributed by atoms with E-state index in [1.54, 1.807) is 0 Å². The smallest absolute Gasteiger partial charge is 0.242 e. The van der Waals surface area contributed by atoms with Crippen molar-refractivity contribution in [2.75, 3.05) is 13.6 Å². The molecular formula is C17H26N2O. The second kappa shape index (κ2) is 5.96. The summed E-state index contributed by atoms with van der Waals surface area (Å²) >= 11 is 0. The molecule has 0 bridgehead atoms. The number of nitrogens with one attached hydrogen (secondary N) is 1. The molecule has 110 valence electrons. The lowest BCUT2D eigenvalue weighted by molar-refractivity contribution is -0.137. The Kier molecular flexibility index (Phi) is 4.48. The van der Waals surface area contributed by atoms with Gasteiger partial charge in [-0.15, -0.1) is 0 Å². The van der Waals surface area contributed by atoms with Gasteiger partial charge in [-0.05, 0) is 57.7 Å². The zero-order valence-corrected chi connectivity index (χ0v) is 13.1. The van der Waals surface area contributed by atoms with E-state index >= 15 is 0 Å². The molecule has 1 heterocycles. The van der Waals surface area contributed by atoms with E-state index < -0.39 is 0 Å². The fraction of sp³-hybridized carbons (Fsp3) is 0.588. The Morgan fingerprint density at radius 2 is 2.10 bits per heavy atom. The van der Waals surface area contributed by atoms with Gasteiger partial charge in [0.25, 0.3) is 0 Å². The van der Waals surface area contributed by atoms with Crippen LogP contribution in [0.25, 0.3) is 0 Å². The maximum atomic E-state index is 12.7. The van der Waals surface area contributed by atoms with E-state index in [9.17, 15) is 4.79 Å². The second-order valence-corrected chi connectivity index (χ2v) is 6.31. The van der Waals surface area contributed by atoms with Gasteiger partial charge < -0.3 is 10.2 Å². The average Bonchev–Trinajstić information content (AvgIpc) is 2.42. The minimum Gasteiger partial charge on any atom is -0.340 e. The molecule has 0 saturated carbocycles. The van der Waals surface area contributed by atoms with Gasteiger partial charge in [-0.25, -0.2) is 0 Å². The average molecular weight is 274 g/mol. The lowest BCUT2D eigenvalue weighted by atomic mass is 9.89. The third-order valence-electron chi connectivity index (χ3n) is 4.34. The Balaban J connectivity index is 2.07. The van der Waals surface area contributed by atoms with Crippen molar-refractivity contribution in [3.63, 3.8) is 0 Å². The number of nitrogens with zero attached hydrogens (tertiary/aromatic N) is 1. The molecule has 0 aliphatic carbocycles. The van der Waals surface area contributed by atoms with Crippen LogP contribution < -0.4 is 5.32 Å². The number of aryl methyl sites for hydroxylation is 2. The molecule has 3 nitrogen and oxygen atoms in total. The molecule has 1 aliphatic rings. The molecule has 3 heteroatoms. The summed E-state index contributed by atoms with van der Waals surface area (Å²) in [5, 5.41) is 3.39. The SMILES string of the molecule is Cc1ccc(CN(C)C(=O)C2(C)CCCCN2)c(C)c1. The van der Waals surface area contributed by atoms with Gasteiger partial charge in [-0.1, -0.05) is 23.8 Å². The number of benzene rings is 1. The molecule has 1 N–H and O–H groups in total. The van der Waals surface area contributed by atoms with Crippen LogP contribution in [0.15, 0.2) is 18.2 Å². The molecule has 1 aliphatic heterocycles. The molecule has 1 atom stereocenters. The van der Waals surface area contributed by atoms with Crippen LogP contribution in [-0.4, -0.2) is 29.9 Å². The van der Waals surface area contributed by atoms with Crippen LogP contribution in [0.4, 0.5) is 0 Å². The number of hydrogen-bond acceptors (Lipinski definition) is 2. The molecule has 1 saturated heterocycles. The predicted molar refractivity (Wildman–Crippen MR) is 82.6 cm³/mol. The Morgan fingerprint density at radius 1 is 1.35 bits per heavy atom. The zero-order valence-electron chi connectivity index (χ0n) is 13.1. The first kappa shape index (κ1) is 15.0. The van der Waals surface area contributed by atoms with Crippen LogP contribution in [-0.2, 0) is 11.3 Å². The van der Waals surface area contributed by atoms with E-state index in [1.165, 1.54) is 23.1 Å². The van der Waals surface area contributed by atoms with Crippen LogP contribution >= 0.6 is 0 Å². The summed E-state index contributed by atoms with van der Waals surface area (Å²) in [5.74, 6) is 0.206. The van der Waals surface area contributed by atoms with Crippen LogP contribution in [0.1, 0.15) is 42.9 Å². The number of rotatable bonds is 3. The number of carbonyl (C=O) groups excluding carboxylic acids is 1. The summed E-state index contributed by atoms with van der Waals surface area (Å²) in [4.78, 5) is 14.5. The highest BCUT2D eigenvalue weighted by Crippen LogP contribution is 2.22. The lowest BCUT2D eigenvalue weighted by Gasteiger charge is -2.36. The molecule has 0 radical (unpaired) electrons. The van der Waals surface area contributed by atoms with E-state index in [0.29, 0.717) is 6.54 Å². The molecule has 1 amide bonds. The molecule has 1 aromatic rings. The standard InChI is InChI=1S/C17H26N2O/c1-13-7-8-15(14(2)11-13)12-19(4)16(20)17(3)9-5-6-10-18-17/h7-8,11,18H,5-6,9-10,12H2,1-4H3. The van der Waals surface area contributed by atoms with E-state index in [2.05, 4.69) is 37.4 Å². The minimum atomic E-state index is -0.383. The highest BCUT2D eigenvalue weighted by atomic mass is 16.2. The number of hydrogen-bond donors (Lipinski definition) is 1. The summed E-state index contributed by atoms with van der Waals surface area (Å²) in [6, 6.07) is 6.42. The molecular weight excluding hydrogens is 248 g/mol. The molecule has 20 heavy (non-hydrogen) atoms. The third-order valence-corrected chi connectivity index (χ3v) is 4.34. The normalized spacial score (nSPS) is 22.6. The highest BCUT2D eigenvalue weighted by molar-refractivity contribution is 5.85. The third kappa shape index (κ3) is 3.21. The molecule has 2 rings (SSSR count). The molecule has 0 aromatic heterocycles. The molecule has 0 spiro atoms. The van der Waals surface area contributed by atoms with Crippen LogP contribution in [0, 0.1) is 13.8 Å². The van der Waals surface area contributed by atoms with Gasteiger partial charge in [0.15, 0.2) is 0 Å². The fourth-order valence-corrected chi connectivity index (χ4v) is 3.01. The zero-order chi connectivity index (χ0) is 14.8. The first-order valence-electron chi connectivity index (χ1n) is 7.49. The topological polar surface area (TPSA) is 32.3 Å². The van der Waals surface area contributed by atoms with Crippen molar-refractivity contribution in [3.8, 4) is 0 Å². The maximum absolute atomic E-state index is 12.7. The first-order valence-corrected chi connectivity index (χ1v) is 7.49. The number of amides is 1. The van der Waals surface area contributed by atoms with Crippen molar-refractivity contribution in [2.45, 2.75) is 52.1 Å². The van der Waals surface area contributed by atoms with E-state index in [1.807, 2.05) is 18.9 Å². The summed E-state index contributed by atoms with van der Waals surface area (Å²) in [5.41, 5.74) is 3.37. The largest absolute Gasteiger partial charge is 0.340 e. The van der Waals surface area contributed by atoms with Gasteiger partial charge in [0.2, 0.25) is 5.91 Å². The van der Waals surface area contributed by atoms with Gasteiger partial charge in [0.05, 0.1) is 5.54 Å². The number of likely N-dealkylation sites (N-methyl/N-ethyl adjacent to an activating group) is 1. The Labute approximate surface area is 122 Å². The summed E-state index contributed by atoms with van der Waals surface area (Å²) in [6.45, 7) is 7.87. The Bertz CT molecular complexity index is 490. The van der Waals surface area contributed by atoms with Crippen LogP contribution in [0.3, 0.4) is 0 Å². The van der Waals surface area contributed by atoms with Gasteiger partial charge in [0, 0.05) is 13.6 Å². The number of carbonyl (C=O) groups is 1. The first-order chi connectivity index (χ1) is 9.42. The van der Waals surface area contributed by atoms with Crippen molar-refractivity contribution < 1.29 is 4.79 Å². The monoisotopic (exact) mass is 274 g/mol. The maximum Gasteiger partial charge on any atom is 0.242 e. The lowest BCUT2D eigenvalue weighted by Crippen LogP contribution is -2.57. The van der Waals surface area contributed by atoms with Crippen LogP contribution in [0.2, 0.25) is 0 Å². The Morgan fingerprint density at radius 3 is 2.70 bits per heavy atom. The highest BCUT2D eigenvalue weighted by Gasteiger charge is 2.36. The fourth-order valence-electron chi connectivity index (χ4n) is 3.01. The van der Waals surface area contributed by atoms with Crippen molar-refractivity contribution in [1.82, 2.24) is 10.2 Å². The van der Waals surface area contributed by atoms with Crippen molar-refractivity contribution >= 4 is 5.91 Å². The van der Waals surface area contributed by atoms with Crippen molar-refractivity contribution in [1.29, 1.82) is 0 Å². The minimum absolute atomic E-state index is 0.206. The van der Waals surface area contributed by atoms with Gasteiger partial charge in [-0.3, -0.25) is 4.79 Å².